The van der Waals surface area contributed by atoms with E-state index >= 15 is 0 Å². The first kappa shape index (κ1) is 7.71. The smallest absolute Gasteiger partial charge is 0.241 e. The molecule has 1 rings (SSSR count). The SMILES string of the molecule is CC(C)C(=O)Nn1cnnc1. The lowest BCUT2D eigenvalue weighted by atomic mass is 10.2. The maximum absolute atomic E-state index is 11.0. The van der Waals surface area contributed by atoms with Gasteiger partial charge in [-0.15, -0.1) is 10.2 Å². The van der Waals surface area contributed by atoms with Crippen molar-refractivity contribution < 1.29 is 4.79 Å². The molecule has 1 N–H and O–H groups in total. The first-order chi connectivity index (χ1) is 5.20. The van der Waals surface area contributed by atoms with Gasteiger partial charge in [-0.2, -0.15) is 0 Å². The first-order valence-electron chi connectivity index (χ1n) is 3.35. The van der Waals surface area contributed by atoms with Crippen molar-refractivity contribution in [1.29, 1.82) is 0 Å². The summed E-state index contributed by atoms with van der Waals surface area (Å²) >= 11 is 0. The molecule has 0 spiro atoms. The van der Waals surface area contributed by atoms with Crippen LogP contribution >= 0.6 is 0 Å². The van der Waals surface area contributed by atoms with E-state index in [1.165, 1.54) is 17.3 Å². The summed E-state index contributed by atoms with van der Waals surface area (Å²) in [5, 5.41) is 7.07. The van der Waals surface area contributed by atoms with Crippen LogP contribution in [0, 0.1) is 5.92 Å². The van der Waals surface area contributed by atoms with Crippen LogP contribution in [0.4, 0.5) is 0 Å². The number of nitrogens with zero attached hydrogens (tertiary/aromatic N) is 3. The molecule has 0 fully saturated rings. The average molecular weight is 154 g/mol. The summed E-state index contributed by atoms with van der Waals surface area (Å²) in [6, 6.07) is 0. The van der Waals surface area contributed by atoms with Gasteiger partial charge in [0, 0.05) is 5.92 Å². The number of carbonyl (C=O) groups excluding carboxylic acids is 1. The van der Waals surface area contributed by atoms with Crippen molar-refractivity contribution in [2.45, 2.75) is 13.8 Å². The third kappa shape index (κ3) is 2.03. The summed E-state index contributed by atoms with van der Waals surface area (Å²) in [6.07, 6.45) is 2.86. The van der Waals surface area contributed by atoms with Crippen LogP contribution in [0.25, 0.3) is 0 Å². The summed E-state index contributed by atoms with van der Waals surface area (Å²) in [7, 11) is 0. The quantitative estimate of drug-likeness (QED) is 0.652. The molecule has 11 heavy (non-hydrogen) atoms. The van der Waals surface area contributed by atoms with Gasteiger partial charge in [0.15, 0.2) is 0 Å². The van der Waals surface area contributed by atoms with E-state index in [-0.39, 0.29) is 11.8 Å². The highest BCUT2D eigenvalue weighted by Crippen LogP contribution is 1.91. The van der Waals surface area contributed by atoms with Gasteiger partial charge < -0.3 is 0 Å². The minimum absolute atomic E-state index is 0.0302. The first-order valence-corrected chi connectivity index (χ1v) is 3.35. The van der Waals surface area contributed by atoms with Crippen LogP contribution in [0.3, 0.4) is 0 Å². The summed E-state index contributed by atoms with van der Waals surface area (Å²) in [4.78, 5) is 11.0. The van der Waals surface area contributed by atoms with Crippen molar-refractivity contribution in [3.63, 3.8) is 0 Å². The fraction of sp³-hybridized carbons (Fsp3) is 0.500. The molecule has 0 aliphatic carbocycles. The lowest BCUT2D eigenvalue weighted by molar-refractivity contribution is -0.119. The van der Waals surface area contributed by atoms with Crippen LogP contribution in [0.15, 0.2) is 12.7 Å². The van der Waals surface area contributed by atoms with Gasteiger partial charge in [0.2, 0.25) is 5.91 Å². The number of carbonyl (C=O) groups is 1. The van der Waals surface area contributed by atoms with Crippen LogP contribution < -0.4 is 5.43 Å². The monoisotopic (exact) mass is 154 g/mol. The molecule has 0 aliphatic heterocycles. The lowest BCUT2D eigenvalue weighted by Crippen LogP contribution is -2.25. The normalized spacial score (nSPS) is 10.1. The highest BCUT2D eigenvalue weighted by molar-refractivity contribution is 5.85. The third-order valence-corrected chi connectivity index (χ3v) is 1.18. The molecular weight excluding hydrogens is 144 g/mol. The molecular formula is C6H10N4O. The highest BCUT2D eigenvalue weighted by atomic mass is 16.2. The van der Waals surface area contributed by atoms with E-state index in [1.807, 2.05) is 13.8 Å². The standard InChI is InChI=1S/C6H10N4O/c1-5(2)6(11)9-10-3-7-8-4-10/h3-5H,1-2H3,(H,9,11). The molecule has 0 saturated carbocycles. The lowest BCUT2D eigenvalue weighted by Gasteiger charge is -2.05. The molecule has 0 unspecified atom stereocenters. The van der Waals surface area contributed by atoms with Crippen molar-refractivity contribution in [2.75, 3.05) is 5.43 Å². The van der Waals surface area contributed by atoms with Gasteiger partial charge in [0.1, 0.15) is 12.7 Å². The Morgan fingerprint density at radius 1 is 1.45 bits per heavy atom. The molecule has 0 saturated heterocycles. The molecule has 0 atom stereocenters. The van der Waals surface area contributed by atoms with E-state index in [4.69, 9.17) is 0 Å². The van der Waals surface area contributed by atoms with Gasteiger partial charge in [-0.05, 0) is 0 Å². The fourth-order valence-corrected chi connectivity index (χ4v) is 0.515. The predicted octanol–water partition coefficient (Wildman–Crippen LogP) is 0.00420. The van der Waals surface area contributed by atoms with E-state index in [9.17, 15) is 4.79 Å². The Hall–Kier alpha value is -1.39. The summed E-state index contributed by atoms with van der Waals surface area (Å²) < 4.78 is 1.42. The molecule has 1 aromatic rings. The zero-order chi connectivity index (χ0) is 8.27. The summed E-state index contributed by atoms with van der Waals surface area (Å²) in [5.74, 6) is -0.0813. The van der Waals surface area contributed by atoms with E-state index in [0.717, 1.165) is 0 Å². The number of nitrogens with one attached hydrogen (secondary N) is 1. The third-order valence-electron chi connectivity index (χ3n) is 1.18. The Morgan fingerprint density at radius 3 is 2.45 bits per heavy atom. The van der Waals surface area contributed by atoms with Crippen LogP contribution in [0.5, 0.6) is 0 Å². The number of rotatable bonds is 2. The van der Waals surface area contributed by atoms with Gasteiger partial charge in [-0.25, -0.2) is 4.68 Å². The predicted molar refractivity (Wildman–Crippen MR) is 39.2 cm³/mol. The Morgan fingerprint density at radius 2 is 2.00 bits per heavy atom. The second kappa shape index (κ2) is 3.14. The van der Waals surface area contributed by atoms with Crippen LogP contribution in [-0.4, -0.2) is 20.8 Å². The van der Waals surface area contributed by atoms with Gasteiger partial charge in [0.25, 0.3) is 0 Å². The number of amides is 1. The summed E-state index contributed by atoms with van der Waals surface area (Å²) in [6.45, 7) is 3.64. The average Bonchev–Trinajstić information content (AvgIpc) is 2.39. The van der Waals surface area contributed by atoms with E-state index in [1.54, 1.807) is 0 Å². The molecule has 0 aliphatic rings. The second-order valence-electron chi connectivity index (χ2n) is 2.50. The van der Waals surface area contributed by atoms with Crippen LogP contribution in [0.1, 0.15) is 13.8 Å². The van der Waals surface area contributed by atoms with E-state index < -0.39 is 0 Å². The van der Waals surface area contributed by atoms with Crippen LogP contribution in [0.2, 0.25) is 0 Å². The molecule has 0 aromatic carbocycles. The molecule has 1 amide bonds. The van der Waals surface area contributed by atoms with Crippen molar-refractivity contribution in [1.82, 2.24) is 14.9 Å². The second-order valence-corrected chi connectivity index (χ2v) is 2.50. The van der Waals surface area contributed by atoms with E-state index in [0.29, 0.717) is 0 Å². The van der Waals surface area contributed by atoms with Gasteiger partial charge >= 0.3 is 0 Å². The number of hydrogen-bond donors (Lipinski definition) is 1. The van der Waals surface area contributed by atoms with Crippen molar-refractivity contribution in [3.8, 4) is 0 Å². The van der Waals surface area contributed by atoms with Crippen molar-refractivity contribution >= 4 is 5.91 Å². The van der Waals surface area contributed by atoms with Crippen LogP contribution in [-0.2, 0) is 4.79 Å². The molecule has 5 heteroatoms. The number of hydrogen-bond acceptors (Lipinski definition) is 3. The largest absolute Gasteiger partial charge is 0.273 e. The Labute approximate surface area is 64.4 Å². The zero-order valence-electron chi connectivity index (χ0n) is 6.48. The minimum Gasteiger partial charge on any atom is -0.273 e. The molecule has 0 radical (unpaired) electrons. The molecule has 5 nitrogen and oxygen atoms in total. The Balaban J connectivity index is 2.50. The van der Waals surface area contributed by atoms with E-state index in [2.05, 4.69) is 15.6 Å². The maximum Gasteiger partial charge on any atom is 0.241 e. The zero-order valence-corrected chi connectivity index (χ0v) is 6.48. The minimum atomic E-state index is -0.0511. The molecule has 1 aromatic heterocycles. The fourth-order valence-electron chi connectivity index (χ4n) is 0.515. The molecule has 60 valence electrons. The van der Waals surface area contributed by atoms with Gasteiger partial charge in [-0.3, -0.25) is 10.2 Å². The molecule has 0 bridgehead atoms. The Bertz CT molecular complexity index is 229. The topological polar surface area (TPSA) is 59.8 Å². The number of aromatic nitrogens is 3. The Kier molecular flexibility index (Phi) is 2.20. The van der Waals surface area contributed by atoms with Gasteiger partial charge in [-0.1, -0.05) is 13.8 Å². The molecule has 1 heterocycles. The maximum atomic E-state index is 11.0. The highest BCUT2D eigenvalue weighted by Gasteiger charge is 2.05. The van der Waals surface area contributed by atoms with Crippen molar-refractivity contribution in [3.05, 3.63) is 12.7 Å². The van der Waals surface area contributed by atoms with Gasteiger partial charge in [0.05, 0.1) is 0 Å². The van der Waals surface area contributed by atoms with Crippen molar-refractivity contribution in [2.24, 2.45) is 5.92 Å². The summed E-state index contributed by atoms with van der Waals surface area (Å²) in [5.41, 5.74) is 2.57.